The molecule has 4 heteroatoms. The third kappa shape index (κ3) is 4.20. The summed E-state index contributed by atoms with van der Waals surface area (Å²) in [5.74, 6) is 0.987. The Morgan fingerprint density at radius 3 is 2.89 bits per heavy atom. The van der Waals surface area contributed by atoms with Crippen molar-refractivity contribution >= 4 is 31.9 Å². The van der Waals surface area contributed by atoms with Crippen LogP contribution in [-0.4, -0.2) is 29.9 Å². The van der Waals surface area contributed by atoms with Crippen LogP contribution >= 0.6 is 31.9 Å². The molecule has 1 heterocycles. The maximum absolute atomic E-state index is 5.48. The number of hydrogen-bond acceptors (Lipinski definition) is 2. The van der Waals surface area contributed by atoms with Crippen molar-refractivity contribution in [1.29, 1.82) is 0 Å². The van der Waals surface area contributed by atoms with E-state index in [0.717, 1.165) is 22.1 Å². The molecule has 1 aliphatic heterocycles. The first-order valence-electron chi connectivity index (χ1n) is 6.87. The van der Waals surface area contributed by atoms with E-state index in [1.807, 2.05) is 12.1 Å². The normalized spacial score (nSPS) is 21.1. The number of rotatable bonds is 4. The first kappa shape index (κ1) is 15.3. The molecule has 19 heavy (non-hydrogen) atoms. The van der Waals surface area contributed by atoms with Gasteiger partial charge in [0.1, 0.15) is 5.75 Å². The molecule has 1 aromatic rings. The van der Waals surface area contributed by atoms with Crippen molar-refractivity contribution in [2.24, 2.45) is 0 Å². The predicted molar refractivity (Wildman–Crippen MR) is 87.2 cm³/mol. The summed E-state index contributed by atoms with van der Waals surface area (Å²) in [6.07, 6.45) is 5.30. The first-order valence-corrected chi connectivity index (χ1v) is 8.78. The fourth-order valence-electron chi connectivity index (χ4n) is 2.71. The van der Waals surface area contributed by atoms with Crippen molar-refractivity contribution < 1.29 is 4.74 Å². The Balaban J connectivity index is 2.15. The van der Waals surface area contributed by atoms with Crippen LogP contribution in [0, 0.1) is 0 Å². The van der Waals surface area contributed by atoms with Gasteiger partial charge in [0.15, 0.2) is 0 Å². The SMILES string of the molecule is COc1ccc(Br)cc1CN1CCCCCC1CBr. The molecule has 1 aliphatic rings. The van der Waals surface area contributed by atoms with Crippen LogP contribution in [0.5, 0.6) is 5.75 Å². The van der Waals surface area contributed by atoms with Crippen LogP contribution < -0.4 is 4.74 Å². The van der Waals surface area contributed by atoms with E-state index in [2.05, 4.69) is 42.8 Å². The van der Waals surface area contributed by atoms with E-state index in [4.69, 9.17) is 4.74 Å². The number of halogens is 2. The van der Waals surface area contributed by atoms with Crippen molar-refractivity contribution in [2.75, 3.05) is 19.0 Å². The summed E-state index contributed by atoms with van der Waals surface area (Å²) in [4.78, 5) is 2.59. The van der Waals surface area contributed by atoms with Gasteiger partial charge in [-0.25, -0.2) is 0 Å². The summed E-state index contributed by atoms with van der Waals surface area (Å²) in [6.45, 7) is 2.16. The molecule has 1 atom stereocenters. The maximum Gasteiger partial charge on any atom is 0.123 e. The van der Waals surface area contributed by atoms with Crippen molar-refractivity contribution in [3.63, 3.8) is 0 Å². The van der Waals surface area contributed by atoms with Crippen LogP contribution in [0.1, 0.15) is 31.2 Å². The minimum absolute atomic E-state index is 0.645. The summed E-state index contributed by atoms with van der Waals surface area (Å²) in [5, 5.41) is 1.06. The number of ether oxygens (including phenoxy) is 1. The zero-order chi connectivity index (χ0) is 13.7. The molecular weight excluding hydrogens is 370 g/mol. The first-order chi connectivity index (χ1) is 9.24. The topological polar surface area (TPSA) is 12.5 Å². The largest absolute Gasteiger partial charge is 0.496 e. The third-order valence-electron chi connectivity index (χ3n) is 3.79. The van der Waals surface area contributed by atoms with Crippen LogP contribution in [0.15, 0.2) is 22.7 Å². The number of benzene rings is 1. The van der Waals surface area contributed by atoms with Crippen molar-refractivity contribution in [3.05, 3.63) is 28.2 Å². The Morgan fingerprint density at radius 1 is 1.32 bits per heavy atom. The molecule has 0 radical (unpaired) electrons. The van der Waals surface area contributed by atoms with E-state index in [1.165, 1.54) is 37.8 Å². The van der Waals surface area contributed by atoms with Gasteiger partial charge in [-0.05, 0) is 37.6 Å². The van der Waals surface area contributed by atoms with Gasteiger partial charge in [0.25, 0.3) is 0 Å². The average Bonchev–Trinajstić information content (AvgIpc) is 2.64. The molecule has 0 aromatic heterocycles. The van der Waals surface area contributed by atoms with Crippen LogP contribution in [0.3, 0.4) is 0 Å². The van der Waals surface area contributed by atoms with E-state index in [9.17, 15) is 0 Å². The monoisotopic (exact) mass is 389 g/mol. The van der Waals surface area contributed by atoms with Gasteiger partial charge in [0, 0.05) is 28.0 Å². The Kier molecular flexibility index (Phi) is 6.17. The van der Waals surface area contributed by atoms with Crippen LogP contribution in [0.2, 0.25) is 0 Å². The summed E-state index contributed by atoms with van der Waals surface area (Å²) >= 11 is 7.22. The van der Waals surface area contributed by atoms with E-state index < -0.39 is 0 Å². The molecule has 0 bridgehead atoms. The maximum atomic E-state index is 5.48. The van der Waals surface area contributed by atoms with Crippen molar-refractivity contribution in [1.82, 2.24) is 4.90 Å². The summed E-state index contributed by atoms with van der Waals surface area (Å²) in [7, 11) is 1.75. The van der Waals surface area contributed by atoms with Gasteiger partial charge < -0.3 is 4.74 Å². The molecule has 1 fully saturated rings. The van der Waals surface area contributed by atoms with Gasteiger partial charge in [0.2, 0.25) is 0 Å². The molecule has 1 aromatic carbocycles. The predicted octanol–water partition coefficient (Wildman–Crippen LogP) is 4.60. The standard InChI is InChI=1S/C15H21Br2NO/c1-19-15-7-6-13(17)9-12(15)11-18-8-4-2-3-5-14(18)10-16/h6-7,9,14H,2-5,8,10-11H2,1H3. The zero-order valence-electron chi connectivity index (χ0n) is 11.4. The molecule has 1 unspecified atom stereocenters. The molecule has 106 valence electrons. The van der Waals surface area contributed by atoms with E-state index in [0.29, 0.717) is 6.04 Å². The highest BCUT2D eigenvalue weighted by atomic mass is 79.9. The highest BCUT2D eigenvalue weighted by Gasteiger charge is 2.21. The number of alkyl halides is 1. The molecule has 0 saturated carbocycles. The van der Waals surface area contributed by atoms with Gasteiger partial charge in [-0.1, -0.05) is 44.7 Å². The number of methoxy groups -OCH3 is 1. The molecule has 0 aliphatic carbocycles. The van der Waals surface area contributed by atoms with E-state index in [-0.39, 0.29) is 0 Å². The minimum atomic E-state index is 0.645. The lowest BCUT2D eigenvalue weighted by molar-refractivity contribution is 0.206. The molecule has 0 N–H and O–H groups in total. The minimum Gasteiger partial charge on any atom is -0.496 e. The molecule has 2 rings (SSSR count). The second-order valence-corrected chi connectivity index (χ2v) is 6.65. The molecule has 1 saturated heterocycles. The zero-order valence-corrected chi connectivity index (χ0v) is 14.5. The van der Waals surface area contributed by atoms with E-state index in [1.54, 1.807) is 7.11 Å². The lowest BCUT2D eigenvalue weighted by Crippen LogP contribution is -2.35. The Morgan fingerprint density at radius 2 is 2.16 bits per heavy atom. The highest BCUT2D eigenvalue weighted by molar-refractivity contribution is 9.10. The summed E-state index contributed by atoms with van der Waals surface area (Å²) in [5.41, 5.74) is 1.27. The van der Waals surface area contributed by atoms with Gasteiger partial charge in [0.05, 0.1) is 7.11 Å². The summed E-state index contributed by atoms with van der Waals surface area (Å²) < 4.78 is 6.60. The fraction of sp³-hybridized carbons (Fsp3) is 0.600. The van der Waals surface area contributed by atoms with Crippen LogP contribution in [-0.2, 0) is 6.54 Å². The quantitative estimate of drug-likeness (QED) is 0.696. The Labute approximate surface area is 132 Å². The highest BCUT2D eigenvalue weighted by Crippen LogP contribution is 2.27. The second kappa shape index (κ2) is 7.65. The van der Waals surface area contributed by atoms with Crippen molar-refractivity contribution in [3.8, 4) is 5.75 Å². The lowest BCUT2D eigenvalue weighted by Gasteiger charge is -2.29. The van der Waals surface area contributed by atoms with Gasteiger partial charge in [-0.3, -0.25) is 4.90 Å². The lowest BCUT2D eigenvalue weighted by atomic mass is 10.1. The smallest absolute Gasteiger partial charge is 0.123 e. The molecule has 0 spiro atoms. The second-order valence-electron chi connectivity index (χ2n) is 5.08. The van der Waals surface area contributed by atoms with E-state index >= 15 is 0 Å². The van der Waals surface area contributed by atoms with Crippen LogP contribution in [0.4, 0.5) is 0 Å². The van der Waals surface area contributed by atoms with Crippen LogP contribution in [0.25, 0.3) is 0 Å². The summed E-state index contributed by atoms with van der Waals surface area (Å²) in [6, 6.07) is 6.90. The molecular formula is C15H21Br2NO. The van der Waals surface area contributed by atoms with Crippen molar-refractivity contribution in [2.45, 2.75) is 38.3 Å². The number of likely N-dealkylation sites (tertiary alicyclic amines) is 1. The van der Waals surface area contributed by atoms with Gasteiger partial charge >= 0.3 is 0 Å². The Bertz CT molecular complexity index is 411. The van der Waals surface area contributed by atoms with Gasteiger partial charge in [-0.15, -0.1) is 0 Å². The fourth-order valence-corrected chi connectivity index (χ4v) is 3.85. The molecule has 0 amide bonds. The van der Waals surface area contributed by atoms with Gasteiger partial charge in [-0.2, -0.15) is 0 Å². The molecule has 2 nitrogen and oxygen atoms in total. The average molecular weight is 391 g/mol. The third-order valence-corrected chi connectivity index (χ3v) is 5.03. The number of hydrogen-bond donors (Lipinski definition) is 0. The Hall–Kier alpha value is -0.0600. The number of nitrogens with zero attached hydrogens (tertiary/aromatic N) is 1.